The summed E-state index contributed by atoms with van der Waals surface area (Å²) in [6, 6.07) is 4.34. The van der Waals surface area contributed by atoms with E-state index in [2.05, 4.69) is 41.6 Å². The summed E-state index contributed by atoms with van der Waals surface area (Å²) in [5.74, 6) is 0.674. The SMILES string of the molecule is CCCN(Cc1cc(Br)c(O)c(OC)c1)C(C)C. The first kappa shape index (κ1) is 15.3. The van der Waals surface area contributed by atoms with E-state index in [0.717, 1.165) is 25.1 Å². The van der Waals surface area contributed by atoms with Gasteiger partial charge in [-0.15, -0.1) is 0 Å². The van der Waals surface area contributed by atoms with Crippen molar-refractivity contribution in [1.29, 1.82) is 0 Å². The Labute approximate surface area is 118 Å². The van der Waals surface area contributed by atoms with E-state index in [4.69, 9.17) is 4.74 Å². The van der Waals surface area contributed by atoms with Crippen LogP contribution in [-0.2, 0) is 6.54 Å². The first-order valence-electron chi connectivity index (χ1n) is 6.29. The molecular formula is C14H22BrNO2. The minimum Gasteiger partial charge on any atom is -0.503 e. The fourth-order valence-corrected chi connectivity index (χ4v) is 2.41. The number of nitrogens with zero attached hydrogens (tertiary/aromatic N) is 1. The fourth-order valence-electron chi connectivity index (χ4n) is 1.92. The normalized spacial score (nSPS) is 11.3. The number of benzene rings is 1. The minimum absolute atomic E-state index is 0.160. The summed E-state index contributed by atoms with van der Waals surface area (Å²) >= 11 is 3.36. The zero-order valence-electron chi connectivity index (χ0n) is 11.5. The number of phenolic OH excluding ortho intramolecular Hbond substituents is 1. The second kappa shape index (κ2) is 7.00. The van der Waals surface area contributed by atoms with Crippen LogP contribution in [0.25, 0.3) is 0 Å². The molecule has 102 valence electrons. The van der Waals surface area contributed by atoms with Gasteiger partial charge >= 0.3 is 0 Å². The molecule has 0 saturated heterocycles. The Kier molecular flexibility index (Phi) is 5.96. The van der Waals surface area contributed by atoms with Crippen LogP contribution < -0.4 is 4.74 Å². The van der Waals surface area contributed by atoms with E-state index in [-0.39, 0.29) is 5.75 Å². The third-order valence-electron chi connectivity index (χ3n) is 2.93. The van der Waals surface area contributed by atoms with Crippen LogP contribution in [0.15, 0.2) is 16.6 Å². The number of aromatic hydroxyl groups is 1. The van der Waals surface area contributed by atoms with Gasteiger partial charge in [0.15, 0.2) is 11.5 Å². The summed E-state index contributed by atoms with van der Waals surface area (Å²) in [6.07, 6.45) is 1.13. The Morgan fingerprint density at radius 2 is 2.06 bits per heavy atom. The lowest BCUT2D eigenvalue weighted by atomic mass is 10.1. The molecule has 0 unspecified atom stereocenters. The van der Waals surface area contributed by atoms with Crippen molar-refractivity contribution < 1.29 is 9.84 Å². The molecule has 0 aliphatic carbocycles. The molecule has 0 aliphatic rings. The van der Waals surface area contributed by atoms with Crippen molar-refractivity contribution in [3.05, 3.63) is 22.2 Å². The minimum atomic E-state index is 0.160. The van der Waals surface area contributed by atoms with Gasteiger partial charge in [-0.1, -0.05) is 6.92 Å². The Balaban J connectivity index is 2.92. The van der Waals surface area contributed by atoms with E-state index in [0.29, 0.717) is 16.3 Å². The Bertz CT molecular complexity index is 394. The Morgan fingerprint density at radius 1 is 1.39 bits per heavy atom. The molecule has 1 rings (SSSR count). The van der Waals surface area contributed by atoms with Crippen LogP contribution in [0.1, 0.15) is 32.8 Å². The molecule has 0 bridgehead atoms. The van der Waals surface area contributed by atoms with Gasteiger partial charge in [0.25, 0.3) is 0 Å². The molecule has 1 aromatic rings. The first-order chi connectivity index (χ1) is 8.49. The number of rotatable bonds is 6. The van der Waals surface area contributed by atoms with Gasteiger partial charge in [0.1, 0.15) is 0 Å². The third kappa shape index (κ3) is 3.89. The zero-order chi connectivity index (χ0) is 13.7. The van der Waals surface area contributed by atoms with Crippen molar-refractivity contribution in [2.75, 3.05) is 13.7 Å². The van der Waals surface area contributed by atoms with Crippen molar-refractivity contribution in [3.8, 4) is 11.5 Å². The van der Waals surface area contributed by atoms with Gasteiger partial charge < -0.3 is 9.84 Å². The number of hydrogen-bond donors (Lipinski definition) is 1. The molecule has 0 fully saturated rings. The van der Waals surface area contributed by atoms with Gasteiger partial charge in [-0.3, -0.25) is 4.90 Å². The summed E-state index contributed by atoms with van der Waals surface area (Å²) in [7, 11) is 1.57. The second-order valence-electron chi connectivity index (χ2n) is 4.69. The smallest absolute Gasteiger partial charge is 0.172 e. The summed E-state index contributed by atoms with van der Waals surface area (Å²) in [4.78, 5) is 2.40. The summed E-state index contributed by atoms with van der Waals surface area (Å²) in [5.41, 5.74) is 1.14. The summed E-state index contributed by atoms with van der Waals surface area (Å²) in [6.45, 7) is 8.51. The van der Waals surface area contributed by atoms with E-state index in [1.165, 1.54) is 0 Å². The molecule has 0 radical (unpaired) electrons. The maximum atomic E-state index is 9.78. The molecule has 0 spiro atoms. The zero-order valence-corrected chi connectivity index (χ0v) is 13.1. The number of ether oxygens (including phenoxy) is 1. The van der Waals surface area contributed by atoms with Crippen LogP contribution in [0.4, 0.5) is 0 Å². The highest BCUT2D eigenvalue weighted by Crippen LogP contribution is 2.35. The highest BCUT2D eigenvalue weighted by molar-refractivity contribution is 9.10. The van der Waals surface area contributed by atoms with E-state index in [1.54, 1.807) is 7.11 Å². The Morgan fingerprint density at radius 3 is 2.56 bits per heavy atom. The average Bonchev–Trinajstić information content (AvgIpc) is 2.32. The maximum Gasteiger partial charge on any atom is 0.172 e. The van der Waals surface area contributed by atoms with Gasteiger partial charge in [0, 0.05) is 12.6 Å². The van der Waals surface area contributed by atoms with Crippen molar-refractivity contribution in [2.24, 2.45) is 0 Å². The van der Waals surface area contributed by atoms with E-state index < -0.39 is 0 Å². The predicted molar refractivity (Wildman–Crippen MR) is 78.2 cm³/mol. The second-order valence-corrected chi connectivity index (χ2v) is 5.55. The molecule has 0 aliphatic heterocycles. The molecule has 0 amide bonds. The van der Waals surface area contributed by atoms with Gasteiger partial charge in [0.2, 0.25) is 0 Å². The molecule has 0 aromatic heterocycles. The molecule has 3 nitrogen and oxygen atoms in total. The molecular weight excluding hydrogens is 294 g/mol. The monoisotopic (exact) mass is 315 g/mol. The van der Waals surface area contributed by atoms with E-state index >= 15 is 0 Å². The van der Waals surface area contributed by atoms with Crippen LogP contribution in [0.5, 0.6) is 11.5 Å². The predicted octanol–water partition coefficient (Wildman–Crippen LogP) is 3.78. The van der Waals surface area contributed by atoms with Crippen LogP contribution in [-0.4, -0.2) is 29.7 Å². The van der Waals surface area contributed by atoms with Crippen LogP contribution in [0.3, 0.4) is 0 Å². The molecule has 0 heterocycles. The lowest BCUT2D eigenvalue weighted by Crippen LogP contribution is -2.31. The van der Waals surface area contributed by atoms with E-state index in [1.807, 2.05) is 12.1 Å². The molecule has 4 heteroatoms. The standard InChI is InChI=1S/C14H22BrNO2/c1-5-6-16(10(2)3)9-11-7-12(15)14(17)13(8-11)18-4/h7-8,10,17H,5-6,9H2,1-4H3. The van der Waals surface area contributed by atoms with Crippen LogP contribution in [0.2, 0.25) is 0 Å². The maximum absolute atomic E-state index is 9.78. The molecule has 18 heavy (non-hydrogen) atoms. The lowest BCUT2D eigenvalue weighted by Gasteiger charge is -2.26. The topological polar surface area (TPSA) is 32.7 Å². The lowest BCUT2D eigenvalue weighted by molar-refractivity contribution is 0.213. The Hall–Kier alpha value is -0.740. The molecule has 1 N–H and O–H groups in total. The largest absolute Gasteiger partial charge is 0.503 e. The number of halogens is 1. The molecule has 0 atom stereocenters. The molecule has 0 saturated carbocycles. The van der Waals surface area contributed by atoms with Crippen molar-refractivity contribution in [3.63, 3.8) is 0 Å². The van der Waals surface area contributed by atoms with Crippen molar-refractivity contribution in [1.82, 2.24) is 4.90 Å². The van der Waals surface area contributed by atoms with Gasteiger partial charge in [-0.05, 0) is 60.4 Å². The van der Waals surface area contributed by atoms with Gasteiger partial charge in [-0.25, -0.2) is 0 Å². The number of phenols is 1. The fraction of sp³-hybridized carbons (Fsp3) is 0.571. The number of hydrogen-bond acceptors (Lipinski definition) is 3. The van der Waals surface area contributed by atoms with Crippen LogP contribution >= 0.6 is 15.9 Å². The van der Waals surface area contributed by atoms with Gasteiger partial charge in [-0.2, -0.15) is 0 Å². The quantitative estimate of drug-likeness (QED) is 0.867. The average molecular weight is 316 g/mol. The molecule has 1 aromatic carbocycles. The summed E-state index contributed by atoms with van der Waals surface area (Å²) < 4.78 is 5.85. The van der Waals surface area contributed by atoms with Crippen LogP contribution in [0, 0.1) is 0 Å². The van der Waals surface area contributed by atoms with Crippen molar-refractivity contribution >= 4 is 15.9 Å². The summed E-state index contributed by atoms with van der Waals surface area (Å²) in [5, 5.41) is 9.78. The highest BCUT2D eigenvalue weighted by Gasteiger charge is 2.13. The van der Waals surface area contributed by atoms with Crippen molar-refractivity contribution in [2.45, 2.75) is 39.8 Å². The third-order valence-corrected chi connectivity index (χ3v) is 3.54. The highest BCUT2D eigenvalue weighted by atomic mass is 79.9. The van der Waals surface area contributed by atoms with Gasteiger partial charge in [0.05, 0.1) is 11.6 Å². The van der Waals surface area contributed by atoms with E-state index in [9.17, 15) is 5.11 Å². The number of methoxy groups -OCH3 is 1. The first-order valence-corrected chi connectivity index (χ1v) is 7.08.